The topological polar surface area (TPSA) is 107 Å². The summed E-state index contributed by atoms with van der Waals surface area (Å²) in [5, 5.41) is 12.9. The van der Waals surface area contributed by atoms with Crippen LogP contribution < -0.4 is 5.32 Å². The number of likely N-dealkylation sites (tertiary alicyclic amines) is 1. The van der Waals surface area contributed by atoms with E-state index in [0.29, 0.717) is 37.4 Å². The van der Waals surface area contributed by atoms with Crippen LogP contribution in [0.4, 0.5) is 0 Å². The SMILES string of the molecule is CCCC[C@H](CN(O)C=O)C(=O)N[C@H](C(=O)N1CCC(C(C)=O)CC1)C(C)(C)C. The highest BCUT2D eigenvalue weighted by Crippen LogP contribution is 2.25. The van der Waals surface area contributed by atoms with Crippen molar-refractivity contribution in [1.82, 2.24) is 15.3 Å². The predicted molar refractivity (Wildman–Crippen MR) is 109 cm³/mol. The minimum atomic E-state index is -0.726. The van der Waals surface area contributed by atoms with Crippen molar-refractivity contribution in [3.05, 3.63) is 0 Å². The van der Waals surface area contributed by atoms with E-state index in [4.69, 9.17) is 0 Å². The maximum atomic E-state index is 13.2. The van der Waals surface area contributed by atoms with E-state index in [-0.39, 0.29) is 36.5 Å². The summed E-state index contributed by atoms with van der Waals surface area (Å²) < 4.78 is 0. The molecular formula is C21H37N3O5. The van der Waals surface area contributed by atoms with E-state index in [1.54, 1.807) is 11.8 Å². The van der Waals surface area contributed by atoms with Crippen LogP contribution in [0.1, 0.15) is 66.7 Å². The number of hydroxylamine groups is 2. The highest BCUT2D eigenvalue weighted by molar-refractivity contribution is 5.89. The number of Topliss-reactive ketones (excluding diaryl/α,β-unsaturated/α-hetero) is 1. The number of rotatable bonds is 10. The van der Waals surface area contributed by atoms with Gasteiger partial charge < -0.3 is 10.2 Å². The summed E-state index contributed by atoms with van der Waals surface area (Å²) in [5.41, 5.74) is -0.511. The summed E-state index contributed by atoms with van der Waals surface area (Å²) in [4.78, 5) is 50.2. The Bertz CT molecular complexity index is 579. The van der Waals surface area contributed by atoms with Crippen LogP contribution in [0.2, 0.25) is 0 Å². The summed E-state index contributed by atoms with van der Waals surface area (Å²) >= 11 is 0. The fourth-order valence-electron chi connectivity index (χ4n) is 3.62. The molecule has 0 bridgehead atoms. The number of hydrogen-bond acceptors (Lipinski definition) is 5. The van der Waals surface area contributed by atoms with Crippen molar-refractivity contribution in [1.29, 1.82) is 0 Å². The molecule has 0 aromatic heterocycles. The van der Waals surface area contributed by atoms with Gasteiger partial charge in [-0.05, 0) is 31.6 Å². The molecule has 2 atom stereocenters. The van der Waals surface area contributed by atoms with E-state index >= 15 is 0 Å². The first-order chi connectivity index (χ1) is 13.5. The number of piperidine rings is 1. The van der Waals surface area contributed by atoms with Crippen molar-refractivity contribution in [3.8, 4) is 0 Å². The van der Waals surface area contributed by atoms with E-state index in [9.17, 15) is 24.4 Å². The molecule has 0 aromatic rings. The number of carbonyl (C=O) groups excluding carboxylic acids is 4. The van der Waals surface area contributed by atoms with Crippen LogP contribution in [-0.2, 0) is 19.2 Å². The Morgan fingerprint density at radius 3 is 2.28 bits per heavy atom. The predicted octanol–water partition coefficient (Wildman–Crippen LogP) is 2.00. The number of ketones is 1. The number of hydrogen-bond donors (Lipinski definition) is 2. The smallest absolute Gasteiger partial charge is 0.245 e. The van der Waals surface area contributed by atoms with Crippen molar-refractivity contribution in [2.45, 2.75) is 72.8 Å². The highest BCUT2D eigenvalue weighted by Gasteiger charge is 2.38. The van der Waals surface area contributed by atoms with Gasteiger partial charge in [0.05, 0.1) is 12.5 Å². The third-order valence-corrected chi connectivity index (χ3v) is 5.59. The van der Waals surface area contributed by atoms with Crippen LogP contribution in [0.5, 0.6) is 0 Å². The molecule has 0 radical (unpaired) electrons. The molecule has 0 unspecified atom stereocenters. The standard InChI is InChI=1S/C21H37N3O5/c1-6-7-8-17(13-24(29)14-25)19(27)22-18(21(3,4)5)20(28)23-11-9-16(10-12-23)15(2)26/h14,16-18,29H,6-13H2,1-5H3,(H,22,27)/t17-,18-/m1/s1. The van der Waals surface area contributed by atoms with Crippen LogP contribution in [0.3, 0.4) is 0 Å². The first kappa shape index (κ1) is 25.1. The molecule has 3 amide bonds. The molecule has 166 valence electrons. The molecule has 1 aliphatic heterocycles. The maximum absolute atomic E-state index is 13.2. The monoisotopic (exact) mass is 411 g/mol. The minimum Gasteiger partial charge on any atom is -0.344 e. The number of amides is 3. The van der Waals surface area contributed by atoms with Gasteiger partial charge in [0.1, 0.15) is 11.8 Å². The normalized spacial score (nSPS) is 17.4. The molecule has 1 rings (SSSR count). The Hall–Kier alpha value is -1.96. The van der Waals surface area contributed by atoms with Gasteiger partial charge in [-0.2, -0.15) is 0 Å². The van der Waals surface area contributed by atoms with Gasteiger partial charge in [-0.15, -0.1) is 0 Å². The van der Waals surface area contributed by atoms with Crippen LogP contribution >= 0.6 is 0 Å². The van der Waals surface area contributed by atoms with Crippen molar-refractivity contribution in [2.24, 2.45) is 17.3 Å². The molecule has 2 N–H and O–H groups in total. The molecule has 0 aromatic carbocycles. The molecule has 0 saturated carbocycles. The molecule has 8 heteroatoms. The summed E-state index contributed by atoms with van der Waals surface area (Å²) in [5.74, 6) is -0.935. The Kier molecular flexibility index (Phi) is 9.76. The number of nitrogens with zero attached hydrogens (tertiary/aromatic N) is 2. The first-order valence-corrected chi connectivity index (χ1v) is 10.5. The van der Waals surface area contributed by atoms with E-state index in [1.165, 1.54) is 0 Å². The van der Waals surface area contributed by atoms with E-state index in [1.807, 2.05) is 27.7 Å². The summed E-state index contributed by atoms with van der Waals surface area (Å²) in [6, 6.07) is -0.726. The minimum absolute atomic E-state index is 0.000898. The first-order valence-electron chi connectivity index (χ1n) is 10.5. The fraction of sp³-hybridized carbons (Fsp3) is 0.810. The van der Waals surface area contributed by atoms with Crippen molar-refractivity contribution in [3.63, 3.8) is 0 Å². The summed E-state index contributed by atoms with van der Waals surface area (Å²) in [6.45, 7) is 10.2. The zero-order valence-electron chi connectivity index (χ0n) is 18.4. The lowest BCUT2D eigenvalue weighted by molar-refractivity contribution is -0.155. The van der Waals surface area contributed by atoms with Crippen LogP contribution in [-0.4, -0.2) is 64.9 Å². The second-order valence-electron chi connectivity index (χ2n) is 9.08. The van der Waals surface area contributed by atoms with Gasteiger partial charge in [0.25, 0.3) is 0 Å². The second-order valence-corrected chi connectivity index (χ2v) is 9.08. The van der Waals surface area contributed by atoms with Gasteiger partial charge >= 0.3 is 0 Å². The lowest BCUT2D eigenvalue weighted by atomic mass is 9.84. The highest BCUT2D eigenvalue weighted by atomic mass is 16.5. The number of carbonyl (C=O) groups is 4. The van der Waals surface area contributed by atoms with Gasteiger partial charge in [-0.1, -0.05) is 40.5 Å². The average molecular weight is 412 g/mol. The zero-order valence-corrected chi connectivity index (χ0v) is 18.4. The fourth-order valence-corrected chi connectivity index (χ4v) is 3.62. The van der Waals surface area contributed by atoms with Crippen LogP contribution in [0.25, 0.3) is 0 Å². The Morgan fingerprint density at radius 1 is 1.24 bits per heavy atom. The molecule has 1 heterocycles. The third kappa shape index (κ3) is 7.76. The van der Waals surface area contributed by atoms with Gasteiger partial charge in [0, 0.05) is 19.0 Å². The van der Waals surface area contributed by atoms with Gasteiger partial charge in [0.2, 0.25) is 18.2 Å². The lowest BCUT2D eigenvalue weighted by Gasteiger charge is -2.38. The molecule has 8 nitrogen and oxygen atoms in total. The van der Waals surface area contributed by atoms with Crippen molar-refractivity contribution >= 4 is 24.0 Å². The summed E-state index contributed by atoms with van der Waals surface area (Å²) in [7, 11) is 0. The molecule has 1 fully saturated rings. The maximum Gasteiger partial charge on any atom is 0.245 e. The Balaban J connectivity index is 2.88. The van der Waals surface area contributed by atoms with Crippen molar-refractivity contribution in [2.75, 3.05) is 19.6 Å². The van der Waals surface area contributed by atoms with E-state index in [0.717, 1.165) is 12.8 Å². The summed E-state index contributed by atoms with van der Waals surface area (Å²) in [6.07, 6.45) is 3.73. The Morgan fingerprint density at radius 2 is 1.83 bits per heavy atom. The van der Waals surface area contributed by atoms with E-state index in [2.05, 4.69) is 5.32 Å². The number of unbranched alkanes of at least 4 members (excludes halogenated alkanes) is 1. The molecular weight excluding hydrogens is 374 g/mol. The molecule has 1 saturated heterocycles. The van der Waals surface area contributed by atoms with Gasteiger partial charge in [-0.3, -0.25) is 24.4 Å². The molecule has 1 aliphatic rings. The molecule has 29 heavy (non-hydrogen) atoms. The molecule has 0 aliphatic carbocycles. The Labute approximate surface area is 173 Å². The van der Waals surface area contributed by atoms with Crippen molar-refractivity contribution < 1.29 is 24.4 Å². The van der Waals surface area contributed by atoms with Gasteiger partial charge in [-0.25, -0.2) is 5.06 Å². The quantitative estimate of drug-likeness (QED) is 0.325. The van der Waals surface area contributed by atoms with E-state index < -0.39 is 17.4 Å². The zero-order chi connectivity index (χ0) is 22.2. The largest absolute Gasteiger partial charge is 0.344 e. The number of nitrogens with one attached hydrogen (secondary N) is 1. The van der Waals surface area contributed by atoms with Crippen LogP contribution in [0.15, 0.2) is 0 Å². The molecule has 0 spiro atoms. The third-order valence-electron chi connectivity index (χ3n) is 5.59. The average Bonchev–Trinajstić information content (AvgIpc) is 2.67. The lowest BCUT2D eigenvalue weighted by Crippen LogP contribution is -2.57. The van der Waals surface area contributed by atoms with Gasteiger partial charge in [0.15, 0.2) is 0 Å². The second kappa shape index (κ2) is 11.3. The van der Waals surface area contributed by atoms with Crippen LogP contribution in [0, 0.1) is 17.3 Å².